The van der Waals surface area contributed by atoms with Crippen LogP contribution in [0.3, 0.4) is 0 Å². The van der Waals surface area contributed by atoms with Crippen molar-refractivity contribution in [2.75, 3.05) is 46.8 Å². The highest BCUT2D eigenvalue weighted by Gasteiger charge is 2.23. The molecule has 0 aromatic rings. The lowest BCUT2D eigenvalue weighted by molar-refractivity contribution is 0.146. The van der Waals surface area contributed by atoms with Crippen molar-refractivity contribution in [2.24, 2.45) is 5.92 Å². The maximum atomic E-state index is 3.66. The van der Waals surface area contributed by atoms with E-state index in [1.54, 1.807) is 0 Å². The molecule has 1 rings (SSSR count). The van der Waals surface area contributed by atoms with Crippen LogP contribution in [0.25, 0.3) is 0 Å². The van der Waals surface area contributed by atoms with E-state index in [-0.39, 0.29) is 0 Å². The van der Waals surface area contributed by atoms with Crippen LogP contribution in [0.4, 0.5) is 0 Å². The third-order valence-corrected chi connectivity index (χ3v) is 4.05. The molecule has 0 saturated carbocycles. The number of nitrogens with zero attached hydrogens (tertiary/aromatic N) is 2. The van der Waals surface area contributed by atoms with Gasteiger partial charge in [-0.15, -0.1) is 0 Å². The van der Waals surface area contributed by atoms with Gasteiger partial charge >= 0.3 is 0 Å². The molecule has 0 amide bonds. The zero-order chi connectivity index (χ0) is 13.4. The molecular formula is C15H33N3. The molecular weight excluding hydrogens is 222 g/mol. The molecule has 0 aliphatic carbocycles. The largest absolute Gasteiger partial charge is 0.314 e. The van der Waals surface area contributed by atoms with Gasteiger partial charge in [-0.2, -0.15) is 0 Å². The maximum absolute atomic E-state index is 3.66. The molecule has 1 saturated heterocycles. The molecule has 1 N–H and O–H groups in total. The topological polar surface area (TPSA) is 18.5 Å². The summed E-state index contributed by atoms with van der Waals surface area (Å²) in [7, 11) is 4.32. The molecule has 0 aromatic carbocycles. The molecule has 2 atom stereocenters. The summed E-state index contributed by atoms with van der Waals surface area (Å²) in [5.41, 5.74) is 0. The minimum absolute atomic E-state index is 0.682. The summed E-state index contributed by atoms with van der Waals surface area (Å²) in [5.74, 6) is 0.852. The predicted molar refractivity (Wildman–Crippen MR) is 80.1 cm³/mol. The van der Waals surface area contributed by atoms with Gasteiger partial charge in [0.2, 0.25) is 0 Å². The Morgan fingerprint density at radius 2 is 2.17 bits per heavy atom. The Morgan fingerprint density at radius 3 is 2.83 bits per heavy atom. The van der Waals surface area contributed by atoms with Gasteiger partial charge in [0.25, 0.3) is 0 Å². The number of piperidine rings is 1. The first-order chi connectivity index (χ1) is 8.63. The average molecular weight is 255 g/mol. The summed E-state index contributed by atoms with van der Waals surface area (Å²) in [6, 6.07) is 0.682. The first kappa shape index (κ1) is 15.9. The van der Waals surface area contributed by atoms with Crippen LogP contribution in [-0.4, -0.2) is 62.7 Å². The molecule has 2 unspecified atom stereocenters. The van der Waals surface area contributed by atoms with Crippen LogP contribution in [0.5, 0.6) is 0 Å². The molecule has 1 aliphatic heterocycles. The Hall–Kier alpha value is -0.120. The van der Waals surface area contributed by atoms with Gasteiger partial charge in [-0.1, -0.05) is 6.92 Å². The molecule has 1 fully saturated rings. The molecule has 0 radical (unpaired) electrons. The maximum Gasteiger partial charge on any atom is 0.00792 e. The second kappa shape index (κ2) is 8.89. The number of likely N-dealkylation sites (tertiary alicyclic amines) is 1. The summed E-state index contributed by atoms with van der Waals surface area (Å²) in [4.78, 5) is 4.95. The van der Waals surface area contributed by atoms with Crippen molar-refractivity contribution in [3.05, 3.63) is 0 Å². The quantitative estimate of drug-likeness (QED) is 0.716. The van der Waals surface area contributed by atoms with Gasteiger partial charge in [-0.05, 0) is 78.8 Å². The van der Waals surface area contributed by atoms with E-state index in [4.69, 9.17) is 0 Å². The minimum atomic E-state index is 0.682. The first-order valence-electron chi connectivity index (χ1n) is 7.74. The van der Waals surface area contributed by atoms with Crippen LogP contribution in [0.2, 0.25) is 0 Å². The van der Waals surface area contributed by atoms with Gasteiger partial charge in [0.1, 0.15) is 0 Å². The summed E-state index contributed by atoms with van der Waals surface area (Å²) >= 11 is 0. The molecule has 3 nitrogen and oxygen atoms in total. The molecule has 0 aromatic heterocycles. The summed E-state index contributed by atoms with van der Waals surface area (Å²) in [5, 5.41) is 3.66. The van der Waals surface area contributed by atoms with E-state index in [1.165, 1.54) is 51.9 Å². The van der Waals surface area contributed by atoms with Gasteiger partial charge in [0, 0.05) is 12.6 Å². The lowest BCUT2D eigenvalue weighted by Crippen LogP contribution is -2.45. The third kappa shape index (κ3) is 6.17. The number of nitrogens with one attached hydrogen (secondary N) is 1. The summed E-state index contributed by atoms with van der Waals surface area (Å²) in [6.07, 6.45) is 5.33. The molecule has 0 bridgehead atoms. The fourth-order valence-corrected chi connectivity index (χ4v) is 2.85. The lowest BCUT2D eigenvalue weighted by Gasteiger charge is -2.36. The van der Waals surface area contributed by atoms with Crippen molar-refractivity contribution < 1.29 is 0 Å². The van der Waals surface area contributed by atoms with E-state index in [9.17, 15) is 0 Å². The fraction of sp³-hybridized carbons (Fsp3) is 1.00. The molecule has 18 heavy (non-hydrogen) atoms. The SMILES string of the molecule is CCCNC(C)C1CCCN(CCCN(C)C)C1. The zero-order valence-electron chi connectivity index (χ0n) is 12.9. The van der Waals surface area contributed by atoms with Crippen LogP contribution >= 0.6 is 0 Å². The Balaban J connectivity index is 2.22. The normalized spacial score (nSPS) is 23.5. The van der Waals surface area contributed by atoms with Crippen molar-refractivity contribution in [1.82, 2.24) is 15.1 Å². The molecule has 108 valence electrons. The highest BCUT2D eigenvalue weighted by Crippen LogP contribution is 2.19. The van der Waals surface area contributed by atoms with Crippen LogP contribution in [-0.2, 0) is 0 Å². The smallest absolute Gasteiger partial charge is 0.00792 e. The highest BCUT2D eigenvalue weighted by atomic mass is 15.1. The van der Waals surface area contributed by atoms with E-state index >= 15 is 0 Å². The third-order valence-electron chi connectivity index (χ3n) is 4.05. The second-order valence-corrected chi connectivity index (χ2v) is 6.10. The van der Waals surface area contributed by atoms with Gasteiger partial charge in [0.15, 0.2) is 0 Å². The van der Waals surface area contributed by atoms with E-state index in [2.05, 4.69) is 43.1 Å². The monoisotopic (exact) mass is 255 g/mol. The zero-order valence-corrected chi connectivity index (χ0v) is 12.9. The Kier molecular flexibility index (Phi) is 7.87. The first-order valence-corrected chi connectivity index (χ1v) is 7.74. The summed E-state index contributed by atoms with van der Waals surface area (Å²) in [6.45, 7) is 10.9. The van der Waals surface area contributed by atoms with E-state index in [0.29, 0.717) is 6.04 Å². The Bertz CT molecular complexity index is 206. The van der Waals surface area contributed by atoms with E-state index in [1.807, 2.05) is 0 Å². The van der Waals surface area contributed by atoms with Gasteiger partial charge in [-0.25, -0.2) is 0 Å². The minimum Gasteiger partial charge on any atom is -0.314 e. The number of hydrogen-bond donors (Lipinski definition) is 1. The van der Waals surface area contributed by atoms with Crippen molar-refractivity contribution in [1.29, 1.82) is 0 Å². The Labute approximate surface area is 114 Å². The predicted octanol–water partition coefficient (Wildman–Crippen LogP) is 2.04. The van der Waals surface area contributed by atoms with Crippen molar-refractivity contribution >= 4 is 0 Å². The number of rotatable bonds is 8. The van der Waals surface area contributed by atoms with E-state index in [0.717, 1.165) is 12.5 Å². The molecule has 0 spiro atoms. The van der Waals surface area contributed by atoms with Crippen LogP contribution in [0, 0.1) is 5.92 Å². The van der Waals surface area contributed by atoms with Crippen LogP contribution < -0.4 is 5.32 Å². The highest BCUT2D eigenvalue weighted by molar-refractivity contribution is 4.80. The fourth-order valence-electron chi connectivity index (χ4n) is 2.85. The van der Waals surface area contributed by atoms with Gasteiger partial charge < -0.3 is 15.1 Å². The average Bonchev–Trinajstić information content (AvgIpc) is 2.36. The summed E-state index contributed by atoms with van der Waals surface area (Å²) < 4.78 is 0. The lowest BCUT2D eigenvalue weighted by atomic mass is 9.91. The van der Waals surface area contributed by atoms with Crippen molar-refractivity contribution in [3.8, 4) is 0 Å². The Morgan fingerprint density at radius 1 is 1.39 bits per heavy atom. The van der Waals surface area contributed by atoms with Crippen molar-refractivity contribution in [2.45, 2.75) is 45.6 Å². The second-order valence-electron chi connectivity index (χ2n) is 6.10. The van der Waals surface area contributed by atoms with Gasteiger partial charge in [-0.3, -0.25) is 0 Å². The molecule has 1 aliphatic rings. The molecule has 3 heteroatoms. The van der Waals surface area contributed by atoms with E-state index < -0.39 is 0 Å². The standard InChI is InChI=1S/C15H33N3/c1-5-9-16-14(2)15-8-6-11-18(13-15)12-7-10-17(3)4/h14-16H,5-13H2,1-4H3. The van der Waals surface area contributed by atoms with Crippen LogP contribution in [0.15, 0.2) is 0 Å². The van der Waals surface area contributed by atoms with Gasteiger partial charge in [0.05, 0.1) is 0 Å². The van der Waals surface area contributed by atoms with Crippen molar-refractivity contribution in [3.63, 3.8) is 0 Å². The van der Waals surface area contributed by atoms with Crippen LogP contribution in [0.1, 0.15) is 39.5 Å². The molecule has 1 heterocycles. The number of hydrogen-bond acceptors (Lipinski definition) is 3.